The highest BCUT2D eigenvalue weighted by atomic mass is 19.2. The third kappa shape index (κ3) is 3.05. The van der Waals surface area contributed by atoms with Gasteiger partial charge >= 0.3 is 0 Å². The van der Waals surface area contributed by atoms with E-state index < -0.39 is 11.6 Å². The minimum absolute atomic E-state index is 0.243. The Bertz CT molecular complexity index is 608. The van der Waals surface area contributed by atoms with Gasteiger partial charge in [0.1, 0.15) is 0 Å². The van der Waals surface area contributed by atoms with Gasteiger partial charge in [-0.1, -0.05) is 30.3 Å². The molecule has 1 N–H and O–H groups in total. The highest BCUT2D eigenvalue weighted by molar-refractivity contribution is 5.32. The van der Waals surface area contributed by atoms with E-state index in [1.54, 1.807) is 19.2 Å². The van der Waals surface area contributed by atoms with E-state index in [1.165, 1.54) is 11.1 Å². The molecular weight excluding hydrogens is 256 g/mol. The van der Waals surface area contributed by atoms with Crippen LogP contribution in [0.15, 0.2) is 36.4 Å². The molecule has 0 radical (unpaired) electrons. The molecule has 0 saturated carbocycles. The second-order valence-electron chi connectivity index (χ2n) is 5.11. The number of hydrogen-bond donors (Lipinski definition) is 1. The first-order valence-corrected chi connectivity index (χ1v) is 6.70. The first kappa shape index (κ1) is 14.7. The molecule has 1 atom stereocenters. The van der Waals surface area contributed by atoms with Crippen LogP contribution in [-0.4, -0.2) is 7.05 Å². The molecule has 2 rings (SSSR count). The molecule has 0 amide bonds. The van der Waals surface area contributed by atoms with E-state index in [9.17, 15) is 8.78 Å². The summed E-state index contributed by atoms with van der Waals surface area (Å²) in [5, 5.41) is 3.06. The quantitative estimate of drug-likeness (QED) is 0.886. The van der Waals surface area contributed by atoms with Crippen molar-refractivity contribution >= 4 is 0 Å². The lowest BCUT2D eigenvalue weighted by Crippen LogP contribution is -2.20. The normalized spacial score (nSPS) is 12.4. The number of halogens is 2. The highest BCUT2D eigenvalue weighted by Crippen LogP contribution is 2.23. The molecule has 0 heterocycles. The van der Waals surface area contributed by atoms with Gasteiger partial charge in [-0.3, -0.25) is 0 Å². The summed E-state index contributed by atoms with van der Waals surface area (Å²) in [5.74, 6) is -1.57. The molecule has 20 heavy (non-hydrogen) atoms. The van der Waals surface area contributed by atoms with Crippen LogP contribution >= 0.6 is 0 Å². The summed E-state index contributed by atoms with van der Waals surface area (Å²) in [6, 6.07) is 10.2. The Kier molecular flexibility index (Phi) is 4.50. The summed E-state index contributed by atoms with van der Waals surface area (Å²) in [6.45, 7) is 4.11. The molecule has 0 aliphatic heterocycles. The van der Waals surface area contributed by atoms with Crippen LogP contribution < -0.4 is 5.32 Å². The summed E-state index contributed by atoms with van der Waals surface area (Å²) in [6.07, 6.45) is 0.623. The zero-order valence-corrected chi connectivity index (χ0v) is 12.0. The summed E-state index contributed by atoms with van der Waals surface area (Å²) in [4.78, 5) is 0. The number of rotatable bonds is 4. The van der Waals surface area contributed by atoms with Crippen LogP contribution in [0.3, 0.4) is 0 Å². The second kappa shape index (κ2) is 6.14. The van der Waals surface area contributed by atoms with Crippen LogP contribution in [0.4, 0.5) is 8.78 Å². The van der Waals surface area contributed by atoms with E-state index in [0.717, 1.165) is 11.6 Å². The Balaban J connectivity index is 2.28. The molecule has 3 heteroatoms. The maximum absolute atomic E-state index is 13.9. The van der Waals surface area contributed by atoms with E-state index in [4.69, 9.17) is 0 Å². The van der Waals surface area contributed by atoms with Crippen molar-refractivity contribution in [3.8, 4) is 0 Å². The Hall–Kier alpha value is -1.74. The largest absolute Gasteiger partial charge is 0.313 e. The molecule has 0 bridgehead atoms. The fourth-order valence-corrected chi connectivity index (χ4v) is 2.32. The number of hydrogen-bond acceptors (Lipinski definition) is 1. The van der Waals surface area contributed by atoms with Crippen molar-refractivity contribution in [1.82, 2.24) is 5.32 Å². The summed E-state index contributed by atoms with van der Waals surface area (Å²) < 4.78 is 27.2. The number of nitrogens with one attached hydrogen (secondary N) is 1. The van der Waals surface area contributed by atoms with E-state index in [1.807, 2.05) is 6.07 Å². The lowest BCUT2D eigenvalue weighted by atomic mass is 9.96. The zero-order valence-electron chi connectivity index (χ0n) is 12.0. The van der Waals surface area contributed by atoms with Gasteiger partial charge in [0.2, 0.25) is 0 Å². The molecular formula is C17H19F2N. The monoisotopic (exact) mass is 275 g/mol. The van der Waals surface area contributed by atoms with Gasteiger partial charge in [-0.25, -0.2) is 8.78 Å². The van der Waals surface area contributed by atoms with E-state index >= 15 is 0 Å². The van der Waals surface area contributed by atoms with E-state index in [0.29, 0.717) is 12.0 Å². The van der Waals surface area contributed by atoms with Gasteiger partial charge in [0.25, 0.3) is 0 Å². The lowest BCUT2D eigenvalue weighted by molar-refractivity contribution is 0.473. The van der Waals surface area contributed by atoms with Gasteiger partial charge in [0.05, 0.1) is 0 Å². The molecule has 1 unspecified atom stereocenters. The van der Waals surface area contributed by atoms with E-state index in [-0.39, 0.29) is 6.04 Å². The number of aryl methyl sites for hydroxylation is 2. The summed E-state index contributed by atoms with van der Waals surface area (Å²) in [7, 11) is 1.76. The second-order valence-corrected chi connectivity index (χ2v) is 5.11. The topological polar surface area (TPSA) is 12.0 Å². The molecule has 106 valence electrons. The van der Waals surface area contributed by atoms with Crippen molar-refractivity contribution in [3.63, 3.8) is 0 Å². The summed E-state index contributed by atoms with van der Waals surface area (Å²) >= 11 is 0. The summed E-state index contributed by atoms with van der Waals surface area (Å²) in [5.41, 5.74) is 3.91. The molecule has 0 aromatic heterocycles. The third-order valence-corrected chi connectivity index (χ3v) is 3.72. The standard InChI is InChI=1S/C17H19F2N/c1-11-7-8-13(9-12(11)2)10-16(20-3)14-5-4-6-15(18)17(14)19/h4-9,16,20H,10H2,1-3H3. The Labute approximate surface area is 118 Å². The van der Waals surface area contributed by atoms with Gasteiger partial charge in [-0.05, 0) is 50.1 Å². The van der Waals surface area contributed by atoms with Crippen molar-refractivity contribution in [2.24, 2.45) is 0 Å². The first-order chi connectivity index (χ1) is 9.52. The van der Waals surface area contributed by atoms with Crippen LogP contribution in [0, 0.1) is 25.5 Å². The van der Waals surface area contributed by atoms with Crippen molar-refractivity contribution in [2.75, 3.05) is 7.05 Å². The molecule has 0 aliphatic rings. The fraction of sp³-hybridized carbons (Fsp3) is 0.294. The van der Waals surface area contributed by atoms with Crippen molar-refractivity contribution in [3.05, 3.63) is 70.3 Å². The number of benzene rings is 2. The molecule has 0 fully saturated rings. The van der Waals surface area contributed by atoms with Crippen LogP contribution in [0.1, 0.15) is 28.3 Å². The molecule has 2 aromatic rings. The highest BCUT2D eigenvalue weighted by Gasteiger charge is 2.17. The minimum atomic E-state index is -0.803. The zero-order chi connectivity index (χ0) is 14.7. The van der Waals surface area contributed by atoms with Crippen molar-refractivity contribution < 1.29 is 8.78 Å². The average molecular weight is 275 g/mol. The third-order valence-electron chi connectivity index (χ3n) is 3.72. The molecule has 0 saturated heterocycles. The van der Waals surface area contributed by atoms with Crippen LogP contribution in [0.25, 0.3) is 0 Å². The molecule has 0 aliphatic carbocycles. The van der Waals surface area contributed by atoms with E-state index in [2.05, 4.69) is 31.3 Å². The predicted molar refractivity (Wildman–Crippen MR) is 77.8 cm³/mol. The van der Waals surface area contributed by atoms with Crippen LogP contribution in [0.2, 0.25) is 0 Å². The Morgan fingerprint density at radius 3 is 2.45 bits per heavy atom. The predicted octanol–water partition coefficient (Wildman–Crippen LogP) is 4.08. The Morgan fingerprint density at radius 2 is 1.80 bits per heavy atom. The van der Waals surface area contributed by atoms with Crippen molar-refractivity contribution in [2.45, 2.75) is 26.3 Å². The van der Waals surface area contributed by atoms with Gasteiger partial charge in [0.15, 0.2) is 11.6 Å². The maximum atomic E-state index is 13.9. The first-order valence-electron chi connectivity index (χ1n) is 6.70. The molecule has 2 aromatic carbocycles. The Morgan fingerprint density at radius 1 is 1.05 bits per heavy atom. The van der Waals surface area contributed by atoms with Gasteiger partial charge in [0, 0.05) is 11.6 Å². The number of likely N-dealkylation sites (N-methyl/N-ethyl adjacent to an activating group) is 1. The van der Waals surface area contributed by atoms with Gasteiger partial charge in [-0.15, -0.1) is 0 Å². The van der Waals surface area contributed by atoms with Crippen LogP contribution in [-0.2, 0) is 6.42 Å². The fourth-order valence-electron chi connectivity index (χ4n) is 2.32. The SMILES string of the molecule is CNC(Cc1ccc(C)c(C)c1)c1cccc(F)c1F. The van der Waals surface area contributed by atoms with Gasteiger partial charge < -0.3 is 5.32 Å². The molecule has 1 nitrogen and oxygen atoms in total. The van der Waals surface area contributed by atoms with Gasteiger partial charge in [-0.2, -0.15) is 0 Å². The minimum Gasteiger partial charge on any atom is -0.313 e. The lowest BCUT2D eigenvalue weighted by Gasteiger charge is -2.18. The average Bonchev–Trinajstić information content (AvgIpc) is 2.43. The molecule has 0 spiro atoms. The van der Waals surface area contributed by atoms with Crippen LogP contribution in [0.5, 0.6) is 0 Å². The smallest absolute Gasteiger partial charge is 0.163 e. The maximum Gasteiger partial charge on any atom is 0.163 e. The van der Waals surface area contributed by atoms with Crippen molar-refractivity contribution in [1.29, 1.82) is 0 Å².